The van der Waals surface area contributed by atoms with Gasteiger partial charge in [-0.3, -0.25) is 0 Å². The molecule has 0 aliphatic heterocycles. The second-order valence-electron chi connectivity index (χ2n) is 13.6. The van der Waals surface area contributed by atoms with Gasteiger partial charge in [0.05, 0.1) is 45.5 Å². The van der Waals surface area contributed by atoms with Crippen LogP contribution >= 0.6 is 0 Å². The molecule has 0 bridgehead atoms. The van der Waals surface area contributed by atoms with Crippen molar-refractivity contribution in [3.8, 4) is 0 Å². The molecule has 0 aromatic heterocycles. The van der Waals surface area contributed by atoms with Gasteiger partial charge in [-0.15, -0.1) is 0 Å². The Labute approximate surface area is 339 Å². The summed E-state index contributed by atoms with van der Waals surface area (Å²) in [5.41, 5.74) is 11.0. The maximum Gasteiger partial charge on any atom is 0.457 e. The highest BCUT2D eigenvalue weighted by Crippen LogP contribution is 2.58. The third-order valence-electron chi connectivity index (χ3n) is 9.37. The Kier molecular flexibility index (Phi) is 15.3. The van der Waals surface area contributed by atoms with Crippen LogP contribution < -0.4 is 44.2 Å². The molecule has 4 aromatic carbocycles. The monoisotopic (exact) mass is 868 g/mol. The summed E-state index contributed by atoms with van der Waals surface area (Å²) in [6, 6.07) is 10.9. The number of nitrogen functional groups attached to an aromatic ring is 4. The van der Waals surface area contributed by atoms with Crippen LogP contribution in [0.4, 0.5) is 98.2 Å². The summed E-state index contributed by atoms with van der Waals surface area (Å²) in [6.07, 6.45) is -16.2. The molecule has 0 heterocycles. The first-order chi connectivity index (χ1) is 27.8. The quantitative estimate of drug-likeness (QED) is 0.0434. The molecule has 0 aliphatic carbocycles. The lowest BCUT2D eigenvalue weighted by Gasteiger charge is -2.38. The molecule has 60 heavy (non-hydrogen) atoms. The van der Waals surface area contributed by atoms with Crippen LogP contribution in [0.1, 0.15) is 62.8 Å². The molecule has 332 valence electrons. The summed E-state index contributed by atoms with van der Waals surface area (Å²) in [5.74, 6) is -5.75. The highest BCUT2D eigenvalue weighted by atomic mass is 19.4. The van der Waals surface area contributed by atoms with Gasteiger partial charge in [0.2, 0.25) is 11.1 Å². The average molecular weight is 869 g/mol. The summed E-state index contributed by atoms with van der Waals surface area (Å²) in [5, 5.41) is 11.4. The van der Waals surface area contributed by atoms with Gasteiger partial charge in [0.15, 0.2) is 0 Å². The predicted octanol–water partition coefficient (Wildman–Crippen LogP) is 11.0. The lowest BCUT2D eigenvalue weighted by Crippen LogP contribution is -2.54. The largest absolute Gasteiger partial charge is 0.457 e. The molecule has 0 amide bonds. The van der Waals surface area contributed by atoms with E-state index in [2.05, 4.69) is 21.3 Å². The van der Waals surface area contributed by atoms with Crippen molar-refractivity contribution in [3.05, 3.63) is 95.1 Å². The molecule has 0 unspecified atom stereocenters. The van der Waals surface area contributed by atoms with Gasteiger partial charge in [0, 0.05) is 37.3 Å². The molecule has 0 fully saturated rings. The van der Waals surface area contributed by atoms with Crippen LogP contribution in [0.5, 0.6) is 0 Å². The number of hydrogen-bond donors (Lipinski definition) is 8. The maximum atomic E-state index is 15.9. The first-order valence-corrected chi connectivity index (χ1v) is 18.6. The van der Waals surface area contributed by atoms with Crippen LogP contribution in [-0.4, -0.2) is 50.6 Å². The summed E-state index contributed by atoms with van der Waals surface area (Å²) in [4.78, 5) is 0. The van der Waals surface area contributed by atoms with Gasteiger partial charge in [-0.2, -0.15) is 48.3 Å². The molecule has 0 saturated heterocycles. The van der Waals surface area contributed by atoms with E-state index < -0.39 is 57.8 Å². The molecule has 8 nitrogen and oxygen atoms in total. The van der Waals surface area contributed by atoms with Crippen molar-refractivity contribution in [2.45, 2.75) is 76.1 Å². The zero-order chi connectivity index (χ0) is 45.5. The van der Waals surface area contributed by atoms with E-state index in [1.807, 2.05) is 13.8 Å². The highest BCUT2D eigenvalue weighted by Gasteiger charge is 2.73. The van der Waals surface area contributed by atoms with Crippen LogP contribution in [0.25, 0.3) is 0 Å². The Morgan fingerprint density at radius 1 is 0.400 bits per heavy atom. The van der Waals surface area contributed by atoms with Gasteiger partial charge >= 0.3 is 24.5 Å². The van der Waals surface area contributed by atoms with Crippen molar-refractivity contribution in [1.82, 2.24) is 0 Å². The number of anilines is 8. The van der Waals surface area contributed by atoms with Crippen LogP contribution in [0.2, 0.25) is 0 Å². The average Bonchev–Trinajstić information content (AvgIpc) is 3.14. The van der Waals surface area contributed by atoms with Crippen molar-refractivity contribution in [1.29, 1.82) is 0 Å². The van der Waals surface area contributed by atoms with Crippen LogP contribution in [0.3, 0.4) is 0 Å². The van der Waals surface area contributed by atoms with E-state index in [4.69, 9.17) is 22.9 Å². The molecule has 0 atom stereocenters. The molecule has 0 aliphatic rings. The minimum atomic E-state index is -6.16. The molecular weight excluding hydrogens is 820 g/mol. The van der Waals surface area contributed by atoms with E-state index in [0.717, 1.165) is 72.8 Å². The second-order valence-corrected chi connectivity index (χ2v) is 13.6. The molecule has 4 aromatic rings. The number of alkyl halides is 12. The van der Waals surface area contributed by atoms with E-state index in [0.29, 0.717) is 39.0 Å². The van der Waals surface area contributed by atoms with E-state index >= 15 is 4.39 Å². The van der Waals surface area contributed by atoms with Crippen molar-refractivity contribution < 1.29 is 52.7 Å². The Bertz CT molecular complexity index is 1920. The number of nitrogens with two attached hydrogens (primary N) is 4. The SMILES string of the molecule is CCCNc1ccc(C(c2ccc(NCCC)c(N)c2)(C(F)(F)F)C(F)(F)F)cc1N.CCNc1ccc(C(F)(c2ccc(NCC)c(N)c2)C(F)(F)C(F)(F)F)cc1N. The first-order valence-electron chi connectivity index (χ1n) is 18.6. The first kappa shape index (κ1) is 48.8. The number of halogens is 12. The smallest absolute Gasteiger partial charge is 0.397 e. The van der Waals surface area contributed by atoms with Crippen LogP contribution in [0, 0.1) is 0 Å². The number of nitrogens with one attached hydrogen (secondary N) is 4. The Morgan fingerprint density at radius 3 is 0.933 bits per heavy atom. The summed E-state index contributed by atoms with van der Waals surface area (Å²) >= 11 is 0. The lowest BCUT2D eigenvalue weighted by atomic mass is 9.72. The number of rotatable bonds is 15. The molecule has 0 spiro atoms. The summed E-state index contributed by atoms with van der Waals surface area (Å²) in [6.45, 7) is 8.97. The molecule has 12 N–H and O–H groups in total. The van der Waals surface area contributed by atoms with Crippen LogP contribution in [0.15, 0.2) is 72.8 Å². The normalized spacial score (nSPS) is 12.7. The van der Waals surface area contributed by atoms with Crippen molar-refractivity contribution in [3.63, 3.8) is 0 Å². The van der Waals surface area contributed by atoms with Gasteiger partial charge in [0.1, 0.15) is 0 Å². The fourth-order valence-corrected chi connectivity index (χ4v) is 6.40. The standard InChI is InChI=1S/C21H26F6N4.C19H22F6N4/c1-3-9-30-17-7-5-13(11-15(17)28)19(20(22,23)24,21(25,26)27)14-6-8-18(16(29)12-14)31-10-4-2;1-3-28-15-7-5-11(9-13(15)26)17(20,18(21,22)19(23,24)25)12-6-8-16(29-4-2)14(27)10-12/h5-8,11-12,30-31H,3-4,9-10,28-29H2,1-2H3;5-10,28-29H,3-4,26-27H2,1-2H3. The number of benzene rings is 4. The zero-order valence-electron chi connectivity index (χ0n) is 33.0. The summed E-state index contributed by atoms with van der Waals surface area (Å²) < 4.78 is 170. The molecule has 4 rings (SSSR count). The fraction of sp³-hybridized carbons (Fsp3) is 0.400. The Balaban J connectivity index is 0.000000321. The van der Waals surface area contributed by atoms with Gasteiger partial charge in [-0.1, -0.05) is 38.1 Å². The van der Waals surface area contributed by atoms with Crippen molar-refractivity contribution in [2.24, 2.45) is 0 Å². The predicted molar refractivity (Wildman–Crippen MR) is 215 cm³/mol. The molecular formula is C40H48F12N8. The summed E-state index contributed by atoms with van der Waals surface area (Å²) in [7, 11) is 0. The Morgan fingerprint density at radius 2 is 0.683 bits per heavy atom. The second kappa shape index (κ2) is 18.8. The zero-order valence-corrected chi connectivity index (χ0v) is 33.0. The third-order valence-corrected chi connectivity index (χ3v) is 9.37. The molecule has 0 radical (unpaired) electrons. The van der Waals surface area contributed by atoms with Gasteiger partial charge in [-0.25, -0.2) is 4.39 Å². The van der Waals surface area contributed by atoms with Gasteiger partial charge < -0.3 is 44.2 Å². The van der Waals surface area contributed by atoms with E-state index in [1.54, 1.807) is 13.8 Å². The molecule has 0 saturated carbocycles. The molecule has 20 heteroatoms. The fourth-order valence-electron chi connectivity index (χ4n) is 6.40. The minimum absolute atomic E-state index is 0.165. The van der Waals surface area contributed by atoms with Gasteiger partial charge in [0.25, 0.3) is 0 Å². The van der Waals surface area contributed by atoms with Gasteiger partial charge in [-0.05, 0) is 86.3 Å². The minimum Gasteiger partial charge on any atom is -0.397 e. The van der Waals surface area contributed by atoms with Crippen molar-refractivity contribution in [2.75, 3.05) is 70.4 Å². The van der Waals surface area contributed by atoms with E-state index in [-0.39, 0.29) is 45.5 Å². The lowest BCUT2D eigenvalue weighted by molar-refractivity contribution is -0.323. The topological polar surface area (TPSA) is 152 Å². The highest BCUT2D eigenvalue weighted by molar-refractivity contribution is 5.72. The maximum absolute atomic E-state index is 15.9. The van der Waals surface area contributed by atoms with E-state index in [1.165, 1.54) is 0 Å². The third kappa shape index (κ3) is 9.57. The van der Waals surface area contributed by atoms with Crippen molar-refractivity contribution >= 4 is 45.5 Å². The van der Waals surface area contributed by atoms with Crippen LogP contribution in [-0.2, 0) is 11.1 Å². The number of hydrogen-bond acceptors (Lipinski definition) is 8. The Hall–Kier alpha value is -5.56. The van der Waals surface area contributed by atoms with E-state index in [9.17, 15) is 48.3 Å².